The van der Waals surface area contributed by atoms with E-state index in [0.717, 1.165) is 17.7 Å². The number of rotatable bonds is 3. The number of nitrogens with zero attached hydrogens (tertiary/aromatic N) is 2. The van der Waals surface area contributed by atoms with E-state index in [1.165, 1.54) is 6.07 Å². The Morgan fingerprint density at radius 1 is 1.37 bits per heavy atom. The highest BCUT2D eigenvalue weighted by Crippen LogP contribution is 2.30. The third-order valence-corrected chi connectivity index (χ3v) is 2.86. The van der Waals surface area contributed by atoms with Gasteiger partial charge in [0.2, 0.25) is 0 Å². The summed E-state index contributed by atoms with van der Waals surface area (Å²) in [5.41, 5.74) is 6.68. The van der Waals surface area contributed by atoms with Crippen molar-refractivity contribution >= 4 is 0 Å². The van der Waals surface area contributed by atoms with Crippen molar-refractivity contribution in [2.75, 3.05) is 0 Å². The molecule has 0 saturated carbocycles. The molecule has 1 aromatic carbocycles. The summed E-state index contributed by atoms with van der Waals surface area (Å²) in [5, 5.41) is 3.99. The van der Waals surface area contributed by atoms with Crippen LogP contribution in [-0.2, 0) is 19.6 Å². The van der Waals surface area contributed by atoms with Gasteiger partial charge in [-0.1, -0.05) is 18.2 Å². The van der Waals surface area contributed by atoms with Crippen molar-refractivity contribution in [3.8, 4) is 0 Å². The van der Waals surface area contributed by atoms with Crippen molar-refractivity contribution in [1.29, 1.82) is 0 Å². The van der Waals surface area contributed by atoms with Crippen LogP contribution < -0.4 is 5.73 Å². The third kappa shape index (κ3) is 3.35. The minimum absolute atomic E-state index is 0.343. The first-order chi connectivity index (χ1) is 8.86. The van der Waals surface area contributed by atoms with Crippen LogP contribution >= 0.6 is 0 Å². The Bertz CT molecular complexity index is 560. The summed E-state index contributed by atoms with van der Waals surface area (Å²) in [6.07, 6.45) is -0.597. The topological polar surface area (TPSA) is 43.8 Å². The number of halogens is 3. The standard InChI is InChI=1S/C13H14F3N3/c1-19-8-10(7-18-19)12(17)6-9-3-2-4-11(5-9)13(14,15)16/h2-5,7-8,12H,6,17H2,1H3. The van der Waals surface area contributed by atoms with Crippen LogP contribution in [0.4, 0.5) is 13.2 Å². The minimum Gasteiger partial charge on any atom is -0.324 e. The van der Waals surface area contributed by atoms with Gasteiger partial charge < -0.3 is 5.73 Å². The van der Waals surface area contributed by atoms with E-state index in [2.05, 4.69) is 5.10 Å². The van der Waals surface area contributed by atoms with Gasteiger partial charge in [0.15, 0.2) is 0 Å². The van der Waals surface area contributed by atoms with Crippen LogP contribution in [0.1, 0.15) is 22.7 Å². The van der Waals surface area contributed by atoms with Crippen molar-refractivity contribution in [2.24, 2.45) is 12.8 Å². The summed E-state index contributed by atoms with van der Waals surface area (Å²) < 4.78 is 39.4. The maximum absolute atomic E-state index is 12.6. The summed E-state index contributed by atoms with van der Waals surface area (Å²) >= 11 is 0. The quantitative estimate of drug-likeness (QED) is 0.931. The molecule has 2 rings (SSSR count). The Labute approximate surface area is 108 Å². The lowest BCUT2D eigenvalue weighted by atomic mass is 10.0. The van der Waals surface area contributed by atoms with Gasteiger partial charge in [0, 0.05) is 24.8 Å². The van der Waals surface area contributed by atoms with Crippen molar-refractivity contribution in [2.45, 2.75) is 18.6 Å². The van der Waals surface area contributed by atoms with Crippen LogP contribution in [0.5, 0.6) is 0 Å². The third-order valence-electron chi connectivity index (χ3n) is 2.86. The van der Waals surface area contributed by atoms with Crippen molar-refractivity contribution < 1.29 is 13.2 Å². The second-order valence-corrected chi connectivity index (χ2v) is 4.46. The van der Waals surface area contributed by atoms with E-state index >= 15 is 0 Å². The van der Waals surface area contributed by atoms with Gasteiger partial charge >= 0.3 is 6.18 Å². The van der Waals surface area contributed by atoms with Crippen LogP contribution in [0, 0.1) is 0 Å². The average molecular weight is 269 g/mol. The smallest absolute Gasteiger partial charge is 0.324 e. The van der Waals surface area contributed by atoms with E-state index in [0.29, 0.717) is 12.0 Å². The molecular formula is C13H14F3N3. The SMILES string of the molecule is Cn1cc(C(N)Cc2cccc(C(F)(F)F)c2)cn1. The lowest BCUT2D eigenvalue weighted by Gasteiger charge is -2.12. The monoisotopic (exact) mass is 269 g/mol. The largest absolute Gasteiger partial charge is 0.416 e. The molecule has 0 aliphatic carbocycles. The van der Waals surface area contributed by atoms with Gasteiger partial charge in [0.1, 0.15) is 0 Å². The zero-order valence-electron chi connectivity index (χ0n) is 10.4. The molecule has 1 heterocycles. The summed E-state index contributed by atoms with van der Waals surface area (Å²) in [6.45, 7) is 0. The van der Waals surface area contributed by atoms with E-state index in [1.54, 1.807) is 30.2 Å². The maximum atomic E-state index is 12.6. The molecule has 0 aliphatic rings. The molecule has 0 bridgehead atoms. The van der Waals surface area contributed by atoms with Gasteiger partial charge in [-0.05, 0) is 18.1 Å². The lowest BCUT2D eigenvalue weighted by molar-refractivity contribution is -0.137. The molecule has 1 aromatic heterocycles. The summed E-state index contributed by atoms with van der Waals surface area (Å²) in [5.74, 6) is 0. The van der Waals surface area contributed by atoms with Crippen LogP contribution in [0.15, 0.2) is 36.7 Å². The van der Waals surface area contributed by atoms with Gasteiger partial charge in [0.05, 0.1) is 11.8 Å². The molecule has 3 nitrogen and oxygen atoms in total. The fourth-order valence-corrected chi connectivity index (χ4v) is 1.88. The van der Waals surface area contributed by atoms with Crippen molar-refractivity contribution in [1.82, 2.24) is 9.78 Å². The number of aryl methyl sites for hydroxylation is 1. The zero-order valence-corrected chi connectivity index (χ0v) is 10.4. The number of aromatic nitrogens is 2. The second kappa shape index (κ2) is 5.05. The predicted octanol–water partition coefficient (Wildman–Crippen LogP) is 2.68. The molecule has 0 radical (unpaired) electrons. The number of nitrogens with two attached hydrogens (primary N) is 1. The van der Waals surface area contributed by atoms with Crippen molar-refractivity contribution in [3.05, 3.63) is 53.3 Å². The Hall–Kier alpha value is -1.82. The van der Waals surface area contributed by atoms with Gasteiger partial charge in [-0.25, -0.2) is 0 Å². The first kappa shape index (κ1) is 13.6. The molecule has 1 unspecified atom stereocenters. The minimum atomic E-state index is -4.32. The fraction of sp³-hybridized carbons (Fsp3) is 0.308. The second-order valence-electron chi connectivity index (χ2n) is 4.46. The molecule has 1 atom stereocenters. The molecule has 0 amide bonds. The number of hydrogen-bond donors (Lipinski definition) is 1. The van der Waals surface area contributed by atoms with Gasteiger partial charge in [-0.2, -0.15) is 18.3 Å². The first-order valence-electron chi connectivity index (χ1n) is 5.76. The van der Waals surface area contributed by atoms with Crippen LogP contribution in [-0.4, -0.2) is 9.78 Å². The molecule has 0 spiro atoms. The van der Waals surface area contributed by atoms with E-state index in [4.69, 9.17) is 5.73 Å². The normalized spacial score (nSPS) is 13.5. The van der Waals surface area contributed by atoms with E-state index in [9.17, 15) is 13.2 Å². The zero-order chi connectivity index (χ0) is 14.0. The van der Waals surface area contributed by atoms with Crippen molar-refractivity contribution in [3.63, 3.8) is 0 Å². The average Bonchev–Trinajstić information content (AvgIpc) is 2.75. The molecule has 6 heteroatoms. The highest BCUT2D eigenvalue weighted by molar-refractivity contribution is 5.27. The van der Waals surface area contributed by atoms with Gasteiger partial charge in [-0.3, -0.25) is 4.68 Å². The van der Waals surface area contributed by atoms with Crippen LogP contribution in [0.25, 0.3) is 0 Å². The van der Waals surface area contributed by atoms with E-state index in [-0.39, 0.29) is 6.04 Å². The van der Waals surface area contributed by atoms with Crippen LogP contribution in [0.2, 0.25) is 0 Å². The molecule has 0 saturated heterocycles. The molecule has 2 aromatic rings. The molecule has 0 fully saturated rings. The first-order valence-corrected chi connectivity index (χ1v) is 5.76. The molecule has 102 valence electrons. The summed E-state index contributed by atoms with van der Waals surface area (Å²) in [6, 6.07) is 4.87. The fourth-order valence-electron chi connectivity index (χ4n) is 1.88. The van der Waals surface area contributed by atoms with E-state index in [1.807, 2.05) is 0 Å². The number of hydrogen-bond acceptors (Lipinski definition) is 2. The Morgan fingerprint density at radius 3 is 2.68 bits per heavy atom. The molecule has 19 heavy (non-hydrogen) atoms. The highest BCUT2D eigenvalue weighted by Gasteiger charge is 2.30. The Balaban J connectivity index is 2.15. The molecule has 2 N–H and O–H groups in total. The molecule has 0 aliphatic heterocycles. The number of benzene rings is 1. The Kier molecular flexibility index (Phi) is 3.61. The van der Waals surface area contributed by atoms with Gasteiger partial charge in [0.25, 0.3) is 0 Å². The van der Waals surface area contributed by atoms with Gasteiger partial charge in [-0.15, -0.1) is 0 Å². The summed E-state index contributed by atoms with van der Waals surface area (Å²) in [7, 11) is 1.76. The Morgan fingerprint density at radius 2 is 2.11 bits per heavy atom. The predicted molar refractivity (Wildman–Crippen MR) is 65.3 cm³/mol. The lowest BCUT2D eigenvalue weighted by Crippen LogP contribution is -2.13. The summed E-state index contributed by atoms with van der Waals surface area (Å²) in [4.78, 5) is 0. The maximum Gasteiger partial charge on any atom is 0.416 e. The molecular weight excluding hydrogens is 255 g/mol. The van der Waals surface area contributed by atoms with Crippen LogP contribution in [0.3, 0.4) is 0 Å². The highest BCUT2D eigenvalue weighted by atomic mass is 19.4. The number of alkyl halides is 3. The van der Waals surface area contributed by atoms with E-state index < -0.39 is 11.7 Å².